The smallest absolute Gasteiger partial charge is 0.313 e. The van der Waals surface area contributed by atoms with Crippen molar-refractivity contribution in [1.29, 1.82) is 0 Å². The Morgan fingerprint density at radius 3 is 2.86 bits per heavy atom. The molecule has 3 rings (SSSR count). The molecule has 0 spiro atoms. The molecule has 0 bridgehead atoms. The van der Waals surface area contributed by atoms with Gasteiger partial charge in [-0.25, -0.2) is 4.39 Å². The van der Waals surface area contributed by atoms with Crippen molar-refractivity contribution in [2.75, 3.05) is 5.75 Å². The molecule has 1 N–H and O–H groups in total. The summed E-state index contributed by atoms with van der Waals surface area (Å²) in [6, 6.07) is 4.36. The number of carbonyl (C=O) groups is 1. The van der Waals surface area contributed by atoms with Gasteiger partial charge in [0.15, 0.2) is 5.16 Å². The molecule has 1 aliphatic carbocycles. The first-order valence-electron chi connectivity index (χ1n) is 6.31. The summed E-state index contributed by atoms with van der Waals surface area (Å²) >= 11 is 6.79. The standard InChI is InChI=1S/C13H11ClFN3O2S/c14-8-3-4-10(9(15)5-8)18-12(7-1-2-7)16-17-13(18)21-6-11(19)20/h3-5,7H,1-2,6H2,(H,19,20). The maximum absolute atomic E-state index is 14.2. The van der Waals surface area contributed by atoms with E-state index in [4.69, 9.17) is 16.7 Å². The highest BCUT2D eigenvalue weighted by Crippen LogP contribution is 2.41. The molecule has 0 saturated heterocycles. The van der Waals surface area contributed by atoms with E-state index >= 15 is 0 Å². The van der Waals surface area contributed by atoms with Gasteiger partial charge in [-0.3, -0.25) is 9.36 Å². The fraction of sp³-hybridized carbons (Fsp3) is 0.308. The van der Waals surface area contributed by atoms with Gasteiger partial charge in [0, 0.05) is 10.9 Å². The number of carboxylic acids is 1. The Kier molecular flexibility index (Phi) is 3.86. The van der Waals surface area contributed by atoms with Crippen molar-refractivity contribution in [2.24, 2.45) is 0 Å². The zero-order chi connectivity index (χ0) is 15.0. The van der Waals surface area contributed by atoms with Gasteiger partial charge in [0.2, 0.25) is 0 Å². The minimum Gasteiger partial charge on any atom is -0.481 e. The Balaban J connectivity index is 2.05. The van der Waals surface area contributed by atoms with Gasteiger partial charge in [-0.1, -0.05) is 23.4 Å². The number of benzene rings is 1. The van der Waals surface area contributed by atoms with Crippen LogP contribution in [0.5, 0.6) is 0 Å². The maximum atomic E-state index is 14.2. The first-order valence-corrected chi connectivity index (χ1v) is 7.68. The van der Waals surface area contributed by atoms with Crippen molar-refractivity contribution in [3.8, 4) is 5.69 Å². The molecule has 1 aromatic carbocycles. The molecule has 5 nitrogen and oxygen atoms in total. The van der Waals surface area contributed by atoms with Crippen LogP contribution in [0.1, 0.15) is 24.6 Å². The molecule has 0 atom stereocenters. The number of hydrogen-bond acceptors (Lipinski definition) is 4. The third kappa shape index (κ3) is 3.03. The minimum absolute atomic E-state index is 0.155. The number of aliphatic carboxylic acids is 1. The molecule has 1 saturated carbocycles. The predicted octanol–water partition coefficient (Wildman–Crippen LogP) is 3.11. The van der Waals surface area contributed by atoms with E-state index in [9.17, 15) is 9.18 Å². The van der Waals surface area contributed by atoms with Gasteiger partial charge in [-0.05, 0) is 31.0 Å². The van der Waals surface area contributed by atoms with Crippen molar-refractivity contribution in [1.82, 2.24) is 14.8 Å². The molecular formula is C13H11ClFN3O2S. The minimum atomic E-state index is -0.959. The summed E-state index contributed by atoms with van der Waals surface area (Å²) in [5.74, 6) is -0.672. The normalized spacial score (nSPS) is 14.4. The van der Waals surface area contributed by atoms with Crippen LogP contribution in [0.3, 0.4) is 0 Å². The summed E-state index contributed by atoms with van der Waals surface area (Å²) in [5.41, 5.74) is 0.291. The second-order valence-electron chi connectivity index (χ2n) is 4.73. The molecule has 21 heavy (non-hydrogen) atoms. The largest absolute Gasteiger partial charge is 0.481 e. The average molecular weight is 328 g/mol. The Labute approximate surface area is 129 Å². The van der Waals surface area contributed by atoms with E-state index in [1.807, 2.05) is 0 Å². The van der Waals surface area contributed by atoms with Crippen LogP contribution >= 0.6 is 23.4 Å². The van der Waals surface area contributed by atoms with E-state index in [1.54, 1.807) is 16.7 Å². The topological polar surface area (TPSA) is 68.0 Å². The molecule has 1 aliphatic rings. The molecule has 1 fully saturated rings. The predicted molar refractivity (Wildman–Crippen MR) is 76.7 cm³/mol. The Hall–Kier alpha value is -1.60. The van der Waals surface area contributed by atoms with Crippen molar-refractivity contribution < 1.29 is 14.3 Å². The average Bonchev–Trinajstić information content (AvgIpc) is 3.18. The monoisotopic (exact) mass is 327 g/mol. The van der Waals surface area contributed by atoms with Crippen LogP contribution in [0.15, 0.2) is 23.4 Å². The number of halogens is 2. The van der Waals surface area contributed by atoms with E-state index < -0.39 is 11.8 Å². The molecule has 1 aromatic heterocycles. The van der Waals surface area contributed by atoms with Crippen molar-refractivity contribution in [2.45, 2.75) is 23.9 Å². The number of hydrogen-bond donors (Lipinski definition) is 1. The molecule has 2 aromatic rings. The highest BCUT2D eigenvalue weighted by molar-refractivity contribution is 7.99. The molecule has 0 aliphatic heterocycles. The Morgan fingerprint density at radius 2 is 2.24 bits per heavy atom. The molecule has 110 valence electrons. The number of carboxylic acid groups (broad SMARTS) is 1. The molecular weight excluding hydrogens is 317 g/mol. The van der Waals surface area contributed by atoms with Crippen LogP contribution < -0.4 is 0 Å². The number of nitrogens with zero attached hydrogens (tertiary/aromatic N) is 3. The summed E-state index contributed by atoms with van der Waals surface area (Å²) in [6.45, 7) is 0. The van der Waals surface area contributed by atoms with Gasteiger partial charge >= 0.3 is 5.97 Å². The summed E-state index contributed by atoms with van der Waals surface area (Å²) in [5, 5.41) is 17.6. The maximum Gasteiger partial charge on any atom is 0.313 e. The molecule has 0 unspecified atom stereocenters. The zero-order valence-corrected chi connectivity index (χ0v) is 12.4. The van der Waals surface area contributed by atoms with E-state index in [2.05, 4.69) is 10.2 Å². The van der Waals surface area contributed by atoms with Crippen LogP contribution in [-0.2, 0) is 4.79 Å². The molecule has 1 heterocycles. The third-order valence-electron chi connectivity index (χ3n) is 3.08. The molecule has 0 radical (unpaired) electrons. The number of thioether (sulfide) groups is 1. The quantitative estimate of drug-likeness (QED) is 0.855. The van der Waals surface area contributed by atoms with Crippen LogP contribution in [0.2, 0.25) is 5.02 Å². The fourth-order valence-electron chi connectivity index (χ4n) is 2.00. The van der Waals surface area contributed by atoms with Gasteiger partial charge in [0.25, 0.3) is 0 Å². The third-order valence-corrected chi connectivity index (χ3v) is 4.23. The first-order chi connectivity index (χ1) is 10.1. The van der Waals surface area contributed by atoms with Crippen LogP contribution in [0.25, 0.3) is 5.69 Å². The summed E-state index contributed by atoms with van der Waals surface area (Å²) in [7, 11) is 0. The van der Waals surface area contributed by atoms with Gasteiger partial charge in [-0.15, -0.1) is 10.2 Å². The summed E-state index contributed by atoms with van der Waals surface area (Å²) in [6.07, 6.45) is 1.97. The molecule has 8 heteroatoms. The van der Waals surface area contributed by atoms with Gasteiger partial charge in [0.05, 0.1) is 11.4 Å². The number of rotatable bonds is 5. The lowest BCUT2D eigenvalue weighted by molar-refractivity contribution is -0.133. The van der Waals surface area contributed by atoms with E-state index in [0.717, 1.165) is 24.6 Å². The van der Waals surface area contributed by atoms with Gasteiger partial charge < -0.3 is 5.11 Å². The van der Waals surface area contributed by atoms with E-state index in [0.29, 0.717) is 21.7 Å². The Bertz CT molecular complexity index is 703. The molecule has 0 amide bonds. The van der Waals surface area contributed by atoms with Gasteiger partial charge in [-0.2, -0.15) is 0 Å². The van der Waals surface area contributed by atoms with Gasteiger partial charge in [0.1, 0.15) is 11.6 Å². The second kappa shape index (κ2) is 5.65. The van der Waals surface area contributed by atoms with E-state index in [-0.39, 0.29) is 11.7 Å². The lowest BCUT2D eigenvalue weighted by Gasteiger charge is -2.10. The lowest BCUT2D eigenvalue weighted by Crippen LogP contribution is -2.06. The summed E-state index contributed by atoms with van der Waals surface area (Å²) < 4.78 is 15.8. The van der Waals surface area contributed by atoms with Crippen LogP contribution in [0, 0.1) is 5.82 Å². The Morgan fingerprint density at radius 1 is 1.48 bits per heavy atom. The fourth-order valence-corrected chi connectivity index (χ4v) is 2.83. The highest BCUT2D eigenvalue weighted by Gasteiger charge is 2.31. The van der Waals surface area contributed by atoms with Crippen molar-refractivity contribution in [3.63, 3.8) is 0 Å². The first kappa shape index (κ1) is 14.3. The summed E-state index contributed by atoms with van der Waals surface area (Å²) in [4.78, 5) is 10.7. The number of aromatic nitrogens is 3. The highest BCUT2D eigenvalue weighted by atomic mass is 35.5. The van der Waals surface area contributed by atoms with Crippen LogP contribution in [-0.4, -0.2) is 31.6 Å². The van der Waals surface area contributed by atoms with E-state index in [1.165, 1.54) is 6.07 Å². The lowest BCUT2D eigenvalue weighted by atomic mass is 10.3. The van der Waals surface area contributed by atoms with Crippen LogP contribution in [0.4, 0.5) is 4.39 Å². The SMILES string of the molecule is O=C(O)CSc1nnc(C2CC2)n1-c1ccc(Cl)cc1F. The van der Waals surface area contributed by atoms with Crippen molar-refractivity contribution >= 4 is 29.3 Å². The van der Waals surface area contributed by atoms with Crippen molar-refractivity contribution in [3.05, 3.63) is 34.9 Å². The second-order valence-corrected chi connectivity index (χ2v) is 6.11. The zero-order valence-electron chi connectivity index (χ0n) is 10.8.